The van der Waals surface area contributed by atoms with Gasteiger partial charge in [0.15, 0.2) is 0 Å². The van der Waals surface area contributed by atoms with Crippen molar-refractivity contribution < 1.29 is 9.90 Å². The number of nitrogens with zero attached hydrogens (tertiary/aromatic N) is 1. The van der Waals surface area contributed by atoms with E-state index in [0.29, 0.717) is 25.3 Å². The van der Waals surface area contributed by atoms with Gasteiger partial charge in [-0.1, -0.05) is 24.3 Å². The molecule has 0 atom stereocenters. The van der Waals surface area contributed by atoms with Gasteiger partial charge >= 0.3 is 5.97 Å². The van der Waals surface area contributed by atoms with E-state index in [0.717, 1.165) is 22.4 Å². The van der Waals surface area contributed by atoms with Crippen LogP contribution in [0.4, 0.5) is 11.4 Å². The summed E-state index contributed by atoms with van der Waals surface area (Å²) in [5.41, 5.74) is 14.2. The summed E-state index contributed by atoms with van der Waals surface area (Å²) < 4.78 is 0. The van der Waals surface area contributed by atoms with Gasteiger partial charge < -0.3 is 21.5 Å². The van der Waals surface area contributed by atoms with Crippen LogP contribution < -0.4 is 27.2 Å². The number of thiophene rings is 1. The Labute approximate surface area is 165 Å². The highest BCUT2D eigenvalue weighted by atomic mass is 32.1. The summed E-state index contributed by atoms with van der Waals surface area (Å²) >= 11 is 1.47. The Bertz CT molecular complexity index is 1050. The van der Waals surface area contributed by atoms with Crippen molar-refractivity contribution in [3.05, 3.63) is 77.7 Å². The van der Waals surface area contributed by atoms with Gasteiger partial charge in [0.1, 0.15) is 11.4 Å². The van der Waals surface area contributed by atoms with Gasteiger partial charge in [0.05, 0.1) is 6.42 Å². The van der Waals surface area contributed by atoms with Gasteiger partial charge in [-0.3, -0.25) is 14.4 Å². The molecule has 2 aromatic carbocycles. The number of aliphatic carboxylic acids is 1. The third-order valence-electron chi connectivity index (χ3n) is 4.66. The standard InChI is InChI=1S/C14H15N3O2.C6H6O2S/c15-6-8-1-2-9-3-4-17(7-10(9)5-8)12-11(16)13(18)14(12)19;7-6(8)4-5-2-1-3-9-5/h1-2,5H,3-4,6-7,15-16H2;1-3H,4H2,(H,7,8). The first-order valence-corrected chi connectivity index (χ1v) is 9.67. The van der Waals surface area contributed by atoms with Crippen molar-refractivity contribution >= 4 is 28.7 Å². The van der Waals surface area contributed by atoms with Gasteiger partial charge in [-0.05, 0) is 34.6 Å². The first-order chi connectivity index (χ1) is 13.4. The van der Waals surface area contributed by atoms with Crippen molar-refractivity contribution in [3.8, 4) is 0 Å². The van der Waals surface area contributed by atoms with Gasteiger partial charge in [0.25, 0.3) is 10.9 Å². The van der Waals surface area contributed by atoms with Crippen LogP contribution in [0.2, 0.25) is 0 Å². The number of hydrogen-bond donors (Lipinski definition) is 3. The van der Waals surface area contributed by atoms with Crippen molar-refractivity contribution in [3.63, 3.8) is 0 Å². The summed E-state index contributed by atoms with van der Waals surface area (Å²) in [4.78, 5) is 35.6. The summed E-state index contributed by atoms with van der Waals surface area (Å²) in [5.74, 6) is -0.766. The third-order valence-corrected chi connectivity index (χ3v) is 5.54. The Hall–Kier alpha value is -2.97. The summed E-state index contributed by atoms with van der Waals surface area (Å²) in [7, 11) is 0. The molecular weight excluding hydrogens is 378 g/mol. The molecular formula is C20H21N3O4S. The van der Waals surface area contributed by atoms with Gasteiger partial charge in [-0.25, -0.2) is 0 Å². The molecule has 1 aliphatic rings. The van der Waals surface area contributed by atoms with Crippen LogP contribution in [0.1, 0.15) is 21.6 Å². The minimum atomic E-state index is -0.766. The Morgan fingerprint density at radius 1 is 1.18 bits per heavy atom. The third kappa shape index (κ3) is 4.13. The smallest absolute Gasteiger partial charge is 0.308 e. The molecule has 5 N–H and O–H groups in total. The lowest BCUT2D eigenvalue weighted by Gasteiger charge is -2.31. The first-order valence-electron chi connectivity index (χ1n) is 8.79. The fraction of sp³-hybridized carbons (Fsp3) is 0.250. The Balaban J connectivity index is 0.000000211. The van der Waals surface area contributed by atoms with Crippen LogP contribution >= 0.6 is 11.3 Å². The van der Waals surface area contributed by atoms with Gasteiger partial charge in [0.2, 0.25) is 0 Å². The van der Waals surface area contributed by atoms with Crippen molar-refractivity contribution in [2.75, 3.05) is 17.2 Å². The van der Waals surface area contributed by atoms with Crippen molar-refractivity contribution in [1.29, 1.82) is 0 Å². The fourth-order valence-electron chi connectivity index (χ4n) is 3.20. The summed E-state index contributed by atoms with van der Waals surface area (Å²) in [6, 6.07) is 9.84. The number of rotatable bonds is 4. The van der Waals surface area contributed by atoms with Crippen LogP contribution in [0.15, 0.2) is 45.3 Å². The van der Waals surface area contributed by atoms with Gasteiger partial charge in [0, 0.05) is 24.5 Å². The summed E-state index contributed by atoms with van der Waals surface area (Å²) in [6.45, 7) is 1.82. The number of carboxylic acids is 1. The second kappa shape index (κ2) is 8.37. The maximum Gasteiger partial charge on any atom is 0.308 e. The molecule has 4 rings (SSSR count). The number of fused-ring (bicyclic) bond motifs is 1. The van der Waals surface area contributed by atoms with Crippen LogP contribution in [0.3, 0.4) is 0 Å². The lowest BCUT2D eigenvalue weighted by molar-refractivity contribution is -0.136. The van der Waals surface area contributed by atoms with E-state index in [1.54, 1.807) is 0 Å². The van der Waals surface area contributed by atoms with E-state index < -0.39 is 16.8 Å². The zero-order valence-corrected chi connectivity index (χ0v) is 16.0. The highest BCUT2D eigenvalue weighted by Gasteiger charge is 2.26. The number of hydrogen-bond acceptors (Lipinski definition) is 7. The molecule has 0 spiro atoms. The average molecular weight is 399 g/mol. The first kappa shape index (κ1) is 19.8. The summed E-state index contributed by atoms with van der Waals surface area (Å²) in [5, 5.41) is 10.2. The van der Waals surface area contributed by atoms with Crippen molar-refractivity contribution in [1.82, 2.24) is 0 Å². The van der Waals surface area contributed by atoms with E-state index in [9.17, 15) is 14.4 Å². The predicted octanol–water partition coefficient (Wildman–Crippen LogP) is 1.26. The molecule has 0 unspecified atom stereocenters. The molecule has 1 aromatic heterocycles. The Kier molecular flexibility index (Phi) is 5.91. The van der Waals surface area contributed by atoms with Crippen molar-refractivity contribution in [2.45, 2.75) is 25.9 Å². The second-order valence-electron chi connectivity index (χ2n) is 6.55. The molecule has 0 aliphatic carbocycles. The molecule has 2 heterocycles. The average Bonchev–Trinajstić information content (AvgIpc) is 3.20. The minimum absolute atomic E-state index is 0.100. The number of carbonyl (C=O) groups is 1. The molecule has 1 aliphatic heterocycles. The largest absolute Gasteiger partial charge is 0.481 e. The Morgan fingerprint density at radius 2 is 1.96 bits per heavy atom. The van der Waals surface area contributed by atoms with E-state index in [4.69, 9.17) is 16.6 Å². The van der Waals surface area contributed by atoms with Crippen LogP contribution in [0.25, 0.3) is 0 Å². The molecule has 7 nitrogen and oxygen atoms in total. The minimum Gasteiger partial charge on any atom is -0.481 e. The molecule has 0 fully saturated rings. The zero-order chi connectivity index (χ0) is 20.3. The topological polar surface area (TPSA) is 127 Å². The number of nitrogen functional groups attached to an aromatic ring is 1. The van der Waals surface area contributed by atoms with E-state index in [-0.39, 0.29) is 12.1 Å². The van der Waals surface area contributed by atoms with Crippen LogP contribution in [0, 0.1) is 0 Å². The molecule has 0 amide bonds. The Morgan fingerprint density at radius 3 is 2.57 bits per heavy atom. The van der Waals surface area contributed by atoms with Gasteiger partial charge in [-0.2, -0.15) is 0 Å². The molecule has 146 valence electrons. The quantitative estimate of drug-likeness (QED) is 0.564. The van der Waals surface area contributed by atoms with Gasteiger partial charge in [-0.15, -0.1) is 11.3 Å². The van der Waals surface area contributed by atoms with Crippen molar-refractivity contribution in [2.24, 2.45) is 5.73 Å². The maximum atomic E-state index is 11.6. The van der Waals surface area contributed by atoms with E-state index >= 15 is 0 Å². The molecule has 3 aromatic rings. The molecule has 0 radical (unpaired) electrons. The number of benzene rings is 1. The maximum absolute atomic E-state index is 11.6. The summed E-state index contributed by atoms with van der Waals surface area (Å²) in [6.07, 6.45) is 0.996. The monoisotopic (exact) mass is 399 g/mol. The zero-order valence-electron chi connectivity index (χ0n) is 15.2. The lowest BCUT2D eigenvalue weighted by Crippen LogP contribution is -2.44. The predicted molar refractivity (Wildman–Crippen MR) is 111 cm³/mol. The lowest BCUT2D eigenvalue weighted by atomic mass is 9.96. The van der Waals surface area contributed by atoms with Crippen LogP contribution in [0.5, 0.6) is 0 Å². The number of anilines is 2. The normalized spacial score (nSPS) is 13.0. The SMILES string of the molecule is NCc1ccc2c(c1)CN(c1c(N)c(=O)c1=O)CC2.O=C(O)Cc1cccs1. The van der Waals surface area contributed by atoms with Crippen LogP contribution in [-0.2, 0) is 30.7 Å². The molecule has 0 saturated heterocycles. The molecule has 8 heteroatoms. The molecule has 0 saturated carbocycles. The van der Waals surface area contributed by atoms with E-state index in [1.807, 2.05) is 28.5 Å². The molecule has 0 bridgehead atoms. The molecule has 28 heavy (non-hydrogen) atoms. The second-order valence-corrected chi connectivity index (χ2v) is 7.58. The highest BCUT2D eigenvalue weighted by Crippen LogP contribution is 2.26. The van der Waals surface area contributed by atoms with Crippen LogP contribution in [-0.4, -0.2) is 17.6 Å². The van der Waals surface area contributed by atoms with E-state index in [1.165, 1.54) is 16.9 Å². The number of nitrogens with two attached hydrogens (primary N) is 2. The highest BCUT2D eigenvalue weighted by molar-refractivity contribution is 7.10. The fourth-order valence-corrected chi connectivity index (χ4v) is 3.90. The van der Waals surface area contributed by atoms with E-state index in [2.05, 4.69) is 12.1 Å². The number of carboxylic acid groups (broad SMARTS) is 1.